The predicted molar refractivity (Wildman–Crippen MR) is 154 cm³/mol. The van der Waals surface area contributed by atoms with Crippen molar-refractivity contribution < 1.29 is 29.0 Å². The molecule has 0 saturated heterocycles. The maximum Gasteiger partial charge on any atom is 0.407 e. The molecular formula is C32H30N4O6. The molecule has 0 spiro atoms. The van der Waals surface area contributed by atoms with Crippen LogP contribution in [-0.2, 0) is 27.4 Å². The minimum Gasteiger partial charge on any atom is -0.478 e. The summed E-state index contributed by atoms with van der Waals surface area (Å²) in [6, 6.07) is 24.4. The lowest BCUT2D eigenvalue weighted by Gasteiger charge is -2.25. The van der Waals surface area contributed by atoms with E-state index in [4.69, 9.17) is 14.6 Å². The van der Waals surface area contributed by atoms with Gasteiger partial charge in [0, 0.05) is 18.3 Å². The van der Waals surface area contributed by atoms with Crippen LogP contribution in [0.2, 0.25) is 0 Å². The van der Waals surface area contributed by atoms with Crippen LogP contribution in [0.15, 0.2) is 91.3 Å². The van der Waals surface area contributed by atoms with E-state index in [1.165, 1.54) is 0 Å². The number of nitrogens with one attached hydrogen (secondary N) is 2. The summed E-state index contributed by atoms with van der Waals surface area (Å²) in [7, 11) is 0. The van der Waals surface area contributed by atoms with Crippen LogP contribution in [0, 0.1) is 0 Å². The monoisotopic (exact) mass is 566 g/mol. The molecule has 0 saturated carbocycles. The number of rotatable bonds is 11. The third-order valence-electron chi connectivity index (χ3n) is 7.10. The molecular weight excluding hydrogens is 536 g/mol. The quantitative estimate of drug-likeness (QED) is 0.244. The van der Waals surface area contributed by atoms with Crippen LogP contribution >= 0.6 is 0 Å². The number of nitrogens with zero attached hydrogens (tertiary/aromatic N) is 2. The number of hydrogen-bond donors (Lipinski definition) is 3. The fourth-order valence-electron chi connectivity index (χ4n) is 4.89. The maximum absolute atomic E-state index is 13.3. The van der Waals surface area contributed by atoms with Gasteiger partial charge in [0.25, 0.3) is 0 Å². The van der Waals surface area contributed by atoms with Crippen LogP contribution in [0.1, 0.15) is 45.7 Å². The summed E-state index contributed by atoms with van der Waals surface area (Å²) in [5, 5.41) is 14.4. The van der Waals surface area contributed by atoms with Gasteiger partial charge in [-0.25, -0.2) is 19.6 Å². The Labute approximate surface area is 242 Å². The summed E-state index contributed by atoms with van der Waals surface area (Å²) in [5.41, 5.74) is 5.23. The van der Waals surface area contributed by atoms with E-state index in [9.17, 15) is 14.4 Å². The van der Waals surface area contributed by atoms with E-state index in [0.29, 0.717) is 0 Å². The number of aromatic nitrogens is 2. The van der Waals surface area contributed by atoms with E-state index >= 15 is 0 Å². The number of carboxylic acids is 1. The molecule has 10 heteroatoms. The fraction of sp³-hybridized carbons (Fsp3) is 0.219. The normalized spacial score (nSPS) is 13.4. The number of fused-ring (bicyclic) bond motifs is 3. The number of alkyl carbamates (subject to hydrolysis) is 1. The number of ether oxygens (including phenoxy) is 2. The Hall–Kier alpha value is -5.09. The average molecular weight is 567 g/mol. The van der Waals surface area contributed by atoms with E-state index in [1.807, 2.05) is 66.7 Å². The number of carbonyl (C=O) groups is 3. The Morgan fingerprint density at radius 2 is 1.48 bits per heavy atom. The zero-order chi connectivity index (χ0) is 29.5. The molecule has 42 heavy (non-hydrogen) atoms. The Balaban J connectivity index is 1.25. The minimum absolute atomic E-state index is 0.0668. The molecule has 1 aliphatic rings. The Morgan fingerprint density at radius 3 is 2.10 bits per heavy atom. The molecule has 1 heterocycles. The van der Waals surface area contributed by atoms with Crippen molar-refractivity contribution in [3.8, 4) is 11.1 Å². The first-order chi connectivity index (χ1) is 20.4. The highest BCUT2D eigenvalue weighted by molar-refractivity contribution is 5.87. The lowest BCUT2D eigenvalue weighted by atomic mass is 9.98. The van der Waals surface area contributed by atoms with Gasteiger partial charge in [-0.15, -0.1) is 0 Å². The largest absolute Gasteiger partial charge is 0.478 e. The van der Waals surface area contributed by atoms with E-state index in [2.05, 4.69) is 32.7 Å². The zero-order valence-corrected chi connectivity index (χ0v) is 22.9. The molecule has 2 amide bonds. The van der Waals surface area contributed by atoms with Gasteiger partial charge in [0.1, 0.15) is 18.5 Å². The predicted octanol–water partition coefficient (Wildman–Crippen LogP) is 4.30. The lowest BCUT2D eigenvalue weighted by Crippen LogP contribution is -2.53. The number of carbonyl (C=O) groups excluding carboxylic acids is 2. The van der Waals surface area contributed by atoms with Gasteiger partial charge in [-0.1, -0.05) is 78.9 Å². The van der Waals surface area contributed by atoms with Gasteiger partial charge in [-0.3, -0.25) is 4.79 Å². The summed E-state index contributed by atoms with van der Waals surface area (Å²) in [6.07, 6.45) is 0.846. The first-order valence-corrected chi connectivity index (χ1v) is 13.5. The summed E-state index contributed by atoms with van der Waals surface area (Å²) in [5.74, 6) is -1.60. The van der Waals surface area contributed by atoms with E-state index in [1.54, 1.807) is 6.92 Å². The van der Waals surface area contributed by atoms with E-state index in [-0.39, 0.29) is 37.1 Å². The highest BCUT2D eigenvalue weighted by Crippen LogP contribution is 2.44. The first-order valence-electron chi connectivity index (χ1n) is 13.5. The number of carboxylic acid groups (broad SMARTS) is 1. The highest BCUT2D eigenvalue weighted by Gasteiger charge is 2.31. The molecule has 214 valence electrons. The summed E-state index contributed by atoms with van der Waals surface area (Å²) in [4.78, 5) is 45.3. The van der Waals surface area contributed by atoms with E-state index in [0.717, 1.165) is 40.2 Å². The fourth-order valence-corrected chi connectivity index (χ4v) is 4.89. The third kappa shape index (κ3) is 6.61. The molecule has 0 aliphatic heterocycles. The topological polar surface area (TPSA) is 140 Å². The van der Waals surface area contributed by atoms with Gasteiger partial charge in [0.15, 0.2) is 0 Å². The second kappa shape index (κ2) is 13.0. The van der Waals surface area contributed by atoms with Crippen molar-refractivity contribution >= 4 is 18.0 Å². The molecule has 0 bridgehead atoms. The van der Waals surface area contributed by atoms with Crippen molar-refractivity contribution in [1.29, 1.82) is 0 Å². The summed E-state index contributed by atoms with van der Waals surface area (Å²) in [6.45, 7) is 1.94. The van der Waals surface area contributed by atoms with Crippen LogP contribution in [0.25, 0.3) is 11.1 Å². The SMILES string of the molecule is C[C@H](OCc1ccccc1)[C@@H](NC(=O)OCC1c2ccccc2-c2ccccc21)C(=O)NCc1ncc(C(=O)O)cn1. The van der Waals surface area contributed by atoms with Gasteiger partial charge >= 0.3 is 12.1 Å². The second-order valence-corrected chi connectivity index (χ2v) is 9.86. The van der Waals surface area contributed by atoms with Crippen molar-refractivity contribution in [2.45, 2.75) is 38.1 Å². The second-order valence-electron chi connectivity index (χ2n) is 9.86. The molecule has 5 rings (SSSR count). The molecule has 0 unspecified atom stereocenters. The smallest absolute Gasteiger partial charge is 0.407 e. The third-order valence-corrected chi connectivity index (χ3v) is 7.10. The van der Waals surface area contributed by atoms with Crippen molar-refractivity contribution in [1.82, 2.24) is 20.6 Å². The van der Waals surface area contributed by atoms with Crippen LogP contribution in [0.3, 0.4) is 0 Å². The lowest BCUT2D eigenvalue weighted by molar-refractivity contribution is -0.127. The number of aromatic carboxylic acids is 1. The van der Waals surface area contributed by atoms with Gasteiger partial charge in [0.05, 0.1) is 24.8 Å². The number of benzene rings is 3. The molecule has 4 aromatic rings. The summed E-state index contributed by atoms with van der Waals surface area (Å²) < 4.78 is 11.6. The standard InChI is InChI=1S/C32H30N4O6/c1-20(41-18-21-9-3-2-4-10-21)29(30(37)35-17-28-33-15-22(16-34-28)31(38)39)36-32(40)42-19-27-25-13-7-5-11-23(25)24-12-6-8-14-26(24)27/h2-16,20,27,29H,17-19H2,1H3,(H,35,37)(H,36,40)(H,38,39)/t20-,29+/m0/s1. The van der Waals surface area contributed by atoms with E-state index < -0.39 is 30.1 Å². The average Bonchev–Trinajstić information content (AvgIpc) is 3.34. The van der Waals surface area contributed by atoms with Crippen LogP contribution in [0.4, 0.5) is 4.79 Å². The van der Waals surface area contributed by atoms with Crippen molar-refractivity contribution in [2.75, 3.05) is 6.61 Å². The molecule has 0 fully saturated rings. The Kier molecular flexibility index (Phi) is 8.84. The van der Waals surface area contributed by atoms with Crippen LogP contribution in [0.5, 0.6) is 0 Å². The van der Waals surface area contributed by atoms with Gasteiger partial charge in [-0.05, 0) is 34.7 Å². The molecule has 3 N–H and O–H groups in total. The van der Waals surface area contributed by atoms with Crippen LogP contribution < -0.4 is 10.6 Å². The zero-order valence-electron chi connectivity index (χ0n) is 22.9. The maximum atomic E-state index is 13.3. The first kappa shape index (κ1) is 28.4. The van der Waals surface area contributed by atoms with Gasteiger partial charge in [0.2, 0.25) is 5.91 Å². The van der Waals surface area contributed by atoms with Crippen molar-refractivity contribution in [3.63, 3.8) is 0 Å². The molecule has 3 aromatic carbocycles. The van der Waals surface area contributed by atoms with Crippen molar-refractivity contribution in [2.24, 2.45) is 0 Å². The number of hydrogen-bond acceptors (Lipinski definition) is 7. The molecule has 1 aliphatic carbocycles. The highest BCUT2D eigenvalue weighted by atomic mass is 16.5. The van der Waals surface area contributed by atoms with Crippen molar-refractivity contribution in [3.05, 3.63) is 119 Å². The molecule has 10 nitrogen and oxygen atoms in total. The van der Waals surface area contributed by atoms with Crippen LogP contribution in [-0.4, -0.2) is 51.8 Å². The number of amides is 2. The Bertz CT molecular complexity index is 1520. The van der Waals surface area contributed by atoms with Gasteiger partial charge < -0.3 is 25.2 Å². The summed E-state index contributed by atoms with van der Waals surface area (Å²) >= 11 is 0. The molecule has 2 atom stereocenters. The molecule has 0 radical (unpaired) electrons. The van der Waals surface area contributed by atoms with Gasteiger partial charge in [-0.2, -0.15) is 0 Å². The minimum atomic E-state index is -1.15. The molecule has 1 aromatic heterocycles. The Morgan fingerprint density at radius 1 is 0.881 bits per heavy atom.